The summed E-state index contributed by atoms with van der Waals surface area (Å²) in [7, 11) is 0. The molecular formula is C19H15Cl2N3O3S. The van der Waals surface area contributed by atoms with Gasteiger partial charge in [-0.1, -0.05) is 53.5 Å². The predicted octanol–water partition coefficient (Wildman–Crippen LogP) is 4.27. The highest BCUT2D eigenvalue weighted by atomic mass is 35.5. The number of hydrogen-bond acceptors (Lipinski definition) is 5. The molecule has 9 heteroatoms. The van der Waals surface area contributed by atoms with Crippen LogP contribution in [0.5, 0.6) is 5.75 Å². The summed E-state index contributed by atoms with van der Waals surface area (Å²) >= 11 is 13.0. The summed E-state index contributed by atoms with van der Waals surface area (Å²) in [6.07, 6.45) is 0. The maximum Gasteiger partial charge on any atom is 0.281 e. The fraction of sp³-hybridized carbons (Fsp3) is 0.105. The van der Waals surface area contributed by atoms with E-state index in [4.69, 9.17) is 27.9 Å². The van der Waals surface area contributed by atoms with Gasteiger partial charge in [-0.2, -0.15) is 0 Å². The highest BCUT2D eigenvalue weighted by Gasteiger charge is 2.17. The van der Waals surface area contributed by atoms with Gasteiger partial charge in [0.2, 0.25) is 0 Å². The number of aryl methyl sites for hydroxylation is 1. The number of halogens is 2. The first-order valence-corrected chi connectivity index (χ1v) is 9.71. The van der Waals surface area contributed by atoms with Gasteiger partial charge in [0.25, 0.3) is 11.8 Å². The van der Waals surface area contributed by atoms with Crippen LogP contribution in [0.3, 0.4) is 0 Å². The first kappa shape index (κ1) is 20.1. The lowest BCUT2D eigenvalue weighted by Crippen LogP contribution is -2.43. The highest BCUT2D eigenvalue weighted by Crippen LogP contribution is 2.28. The van der Waals surface area contributed by atoms with Crippen LogP contribution in [0.1, 0.15) is 15.4 Å². The van der Waals surface area contributed by atoms with E-state index >= 15 is 0 Å². The molecule has 1 heterocycles. The molecule has 0 atom stereocenters. The number of amides is 2. The van der Waals surface area contributed by atoms with Crippen LogP contribution in [-0.2, 0) is 4.79 Å². The van der Waals surface area contributed by atoms with Crippen molar-refractivity contribution in [3.05, 3.63) is 69.1 Å². The molecule has 0 bridgehead atoms. The quantitative estimate of drug-likeness (QED) is 0.586. The van der Waals surface area contributed by atoms with Crippen molar-refractivity contribution in [3.63, 3.8) is 0 Å². The van der Waals surface area contributed by atoms with Gasteiger partial charge >= 0.3 is 0 Å². The number of aromatic nitrogens is 1. The van der Waals surface area contributed by atoms with Gasteiger partial charge in [-0.25, -0.2) is 4.98 Å². The molecule has 28 heavy (non-hydrogen) atoms. The number of rotatable bonds is 5. The number of carbonyl (C=O) groups excluding carboxylic acids is 2. The van der Waals surface area contributed by atoms with Crippen molar-refractivity contribution >= 4 is 46.4 Å². The van der Waals surface area contributed by atoms with Gasteiger partial charge in [-0.05, 0) is 19.1 Å². The van der Waals surface area contributed by atoms with Gasteiger partial charge in [-0.15, -0.1) is 11.3 Å². The summed E-state index contributed by atoms with van der Waals surface area (Å²) in [5.41, 5.74) is 6.19. The molecular weight excluding hydrogens is 421 g/mol. The summed E-state index contributed by atoms with van der Waals surface area (Å²) in [5, 5.41) is 1.45. The average molecular weight is 436 g/mol. The average Bonchev–Trinajstić information content (AvgIpc) is 3.09. The Kier molecular flexibility index (Phi) is 6.51. The molecule has 3 aromatic rings. The Morgan fingerprint density at radius 1 is 1.07 bits per heavy atom. The predicted molar refractivity (Wildman–Crippen MR) is 110 cm³/mol. The zero-order valence-corrected chi connectivity index (χ0v) is 17.0. The van der Waals surface area contributed by atoms with Crippen LogP contribution < -0.4 is 15.6 Å². The number of hydrogen-bond donors (Lipinski definition) is 2. The van der Waals surface area contributed by atoms with E-state index in [2.05, 4.69) is 15.8 Å². The van der Waals surface area contributed by atoms with E-state index in [0.717, 1.165) is 10.6 Å². The number of carbonyl (C=O) groups is 2. The van der Waals surface area contributed by atoms with Crippen LogP contribution in [0.15, 0.2) is 48.5 Å². The zero-order chi connectivity index (χ0) is 20.1. The Morgan fingerprint density at radius 2 is 1.82 bits per heavy atom. The SMILES string of the molecule is Cc1nc(-c2ccccc2)sc1C(=O)NNC(=O)COc1ccc(Cl)c(Cl)c1. The first-order chi connectivity index (χ1) is 13.4. The van der Waals surface area contributed by atoms with Crippen molar-refractivity contribution in [2.24, 2.45) is 0 Å². The van der Waals surface area contributed by atoms with Crippen molar-refractivity contribution in [2.45, 2.75) is 6.92 Å². The van der Waals surface area contributed by atoms with E-state index in [1.165, 1.54) is 17.4 Å². The minimum absolute atomic E-state index is 0.296. The zero-order valence-electron chi connectivity index (χ0n) is 14.7. The number of benzene rings is 2. The maximum atomic E-state index is 12.3. The number of hydrazine groups is 1. The molecule has 0 fully saturated rings. The number of ether oxygens (including phenoxy) is 1. The molecule has 6 nitrogen and oxygen atoms in total. The van der Waals surface area contributed by atoms with Gasteiger partial charge in [0, 0.05) is 11.6 Å². The third-order valence-corrected chi connectivity index (χ3v) is 5.54. The number of nitrogens with one attached hydrogen (secondary N) is 2. The van der Waals surface area contributed by atoms with E-state index in [1.807, 2.05) is 30.3 Å². The molecule has 0 radical (unpaired) electrons. The number of nitrogens with zero attached hydrogens (tertiary/aromatic N) is 1. The van der Waals surface area contributed by atoms with E-state index in [-0.39, 0.29) is 6.61 Å². The lowest BCUT2D eigenvalue weighted by molar-refractivity contribution is -0.123. The van der Waals surface area contributed by atoms with Gasteiger partial charge in [-0.3, -0.25) is 20.4 Å². The molecule has 2 aromatic carbocycles. The van der Waals surface area contributed by atoms with Crippen LogP contribution in [0.25, 0.3) is 10.6 Å². The summed E-state index contributed by atoms with van der Waals surface area (Å²) in [4.78, 5) is 29.1. The van der Waals surface area contributed by atoms with Crippen molar-refractivity contribution in [1.82, 2.24) is 15.8 Å². The minimum atomic E-state index is -0.523. The van der Waals surface area contributed by atoms with E-state index in [1.54, 1.807) is 19.1 Å². The third-order valence-electron chi connectivity index (χ3n) is 3.60. The van der Waals surface area contributed by atoms with Crippen molar-refractivity contribution in [1.29, 1.82) is 0 Å². The summed E-state index contributed by atoms with van der Waals surface area (Å²) < 4.78 is 5.31. The van der Waals surface area contributed by atoms with Crippen LogP contribution in [-0.4, -0.2) is 23.4 Å². The van der Waals surface area contributed by atoms with Crippen LogP contribution in [0.4, 0.5) is 0 Å². The van der Waals surface area contributed by atoms with E-state index in [9.17, 15) is 9.59 Å². The Bertz CT molecular complexity index is 1010. The van der Waals surface area contributed by atoms with Gasteiger partial charge in [0.05, 0.1) is 15.7 Å². The molecule has 0 aliphatic carbocycles. The molecule has 0 aliphatic heterocycles. The molecule has 2 amide bonds. The molecule has 2 N–H and O–H groups in total. The van der Waals surface area contributed by atoms with Crippen molar-refractivity contribution in [3.8, 4) is 16.3 Å². The molecule has 0 saturated carbocycles. The van der Waals surface area contributed by atoms with Crippen molar-refractivity contribution in [2.75, 3.05) is 6.61 Å². The molecule has 3 rings (SSSR count). The first-order valence-electron chi connectivity index (χ1n) is 8.14. The molecule has 0 saturated heterocycles. The number of thiazole rings is 1. The van der Waals surface area contributed by atoms with E-state index < -0.39 is 11.8 Å². The summed E-state index contributed by atoms with van der Waals surface area (Å²) in [5.74, 6) is -0.577. The Labute approximate surface area is 175 Å². The second-order valence-corrected chi connectivity index (χ2v) is 7.48. The van der Waals surface area contributed by atoms with E-state index in [0.29, 0.717) is 26.4 Å². The van der Waals surface area contributed by atoms with Gasteiger partial charge in [0.15, 0.2) is 6.61 Å². The molecule has 0 aliphatic rings. The normalized spacial score (nSPS) is 10.4. The lowest BCUT2D eigenvalue weighted by Gasteiger charge is -2.09. The largest absolute Gasteiger partial charge is 0.484 e. The standard InChI is InChI=1S/C19H15Cl2N3O3S/c1-11-17(28-19(22-11)12-5-3-2-4-6-12)18(26)24-23-16(25)10-27-13-7-8-14(20)15(21)9-13/h2-9H,10H2,1H3,(H,23,25)(H,24,26). The lowest BCUT2D eigenvalue weighted by atomic mass is 10.2. The van der Waals surface area contributed by atoms with Crippen LogP contribution >= 0.6 is 34.5 Å². The molecule has 0 unspecified atom stereocenters. The molecule has 144 valence electrons. The highest BCUT2D eigenvalue weighted by molar-refractivity contribution is 7.17. The van der Waals surface area contributed by atoms with Crippen LogP contribution in [0, 0.1) is 6.92 Å². The Hall–Kier alpha value is -2.61. The van der Waals surface area contributed by atoms with Gasteiger partial charge in [0.1, 0.15) is 15.6 Å². The second-order valence-electron chi connectivity index (χ2n) is 5.67. The molecule has 1 aromatic heterocycles. The topological polar surface area (TPSA) is 80.3 Å². The van der Waals surface area contributed by atoms with Crippen molar-refractivity contribution < 1.29 is 14.3 Å². The Balaban J connectivity index is 1.54. The monoisotopic (exact) mass is 435 g/mol. The summed E-state index contributed by atoms with van der Waals surface area (Å²) in [6.45, 7) is 1.45. The fourth-order valence-electron chi connectivity index (χ4n) is 2.25. The third kappa shape index (κ3) is 5.01. The maximum absolute atomic E-state index is 12.3. The molecule has 0 spiro atoms. The second kappa shape index (κ2) is 9.05. The van der Waals surface area contributed by atoms with Crippen LogP contribution in [0.2, 0.25) is 10.0 Å². The smallest absolute Gasteiger partial charge is 0.281 e. The summed E-state index contributed by atoms with van der Waals surface area (Å²) in [6, 6.07) is 14.2. The fourth-order valence-corrected chi connectivity index (χ4v) is 3.50. The minimum Gasteiger partial charge on any atom is -0.484 e. The van der Waals surface area contributed by atoms with Gasteiger partial charge < -0.3 is 4.74 Å². The Morgan fingerprint density at radius 3 is 2.54 bits per heavy atom.